The summed E-state index contributed by atoms with van der Waals surface area (Å²) in [6.07, 6.45) is 0. The van der Waals surface area contributed by atoms with Crippen LogP contribution in [0.2, 0.25) is 5.02 Å². The Balaban J connectivity index is 1.49. The van der Waals surface area contributed by atoms with E-state index in [1.165, 1.54) is 0 Å². The van der Waals surface area contributed by atoms with Crippen molar-refractivity contribution >= 4 is 40.1 Å². The topological polar surface area (TPSA) is 82.8 Å². The summed E-state index contributed by atoms with van der Waals surface area (Å²) >= 11 is 7.55. The predicted octanol–water partition coefficient (Wildman–Crippen LogP) is 6.13. The van der Waals surface area contributed by atoms with Gasteiger partial charge in [-0.25, -0.2) is 4.98 Å². The Hall–Kier alpha value is -3.29. The highest BCUT2D eigenvalue weighted by atomic mass is 35.5. The van der Waals surface area contributed by atoms with Gasteiger partial charge in [-0.1, -0.05) is 65.8 Å². The lowest BCUT2D eigenvalue weighted by atomic mass is 10.1. The minimum absolute atomic E-state index is 0.481. The molecule has 5 rings (SSSR count). The number of aryl methyl sites for hydroxylation is 1. The van der Waals surface area contributed by atoms with Crippen molar-refractivity contribution in [3.8, 4) is 22.8 Å². The maximum Gasteiger partial charge on any atom is 0.229 e. The smallest absolute Gasteiger partial charge is 0.229 e. The van der Waals surface area contributed by atoms with Crippen LogP contribution in [0.5, 0.6) is 0 Å². The van der Waals surface area contributed by atoms with E-state index < -0.39 is 0 Å². The number of hydrogen-bond acceptors (Lipinski definition) is 6. The van der Waals surface area contributed by atoms with Crippen molar-refractivity contribution in [3.63, 3.8) is 0 Å². The molecule has 3 aromatic heterocycles. The highest BCUT2D eigenvalue weighted by Crippen LogP contribution is 2.38. The van der Waals surface area contributed by atoms with Crippen LogP contribution >= 0.6 is 23.4 Å². The summed E-state index contributed by atoms with van der Waals surface area (Å²) in [4.78, 5) is 4.71. The predicted molar refractivity (Wildman–Crippen MR) is 130 cm³/mol. The number of thioether (sulfide) groups is 1. The largest absolute Gasteiger partial charge is 0.432 e. The molecule has 5 aromatic rings. The molecule has 0 saturated carbocycles. The Morgan fingerprint density at radius 1 is 1.06 bits per heavy atom. The van der Waals surface area contributed by atoms with E-state index in [4.69, 9.17) is 26.7 Å². The number of nitrogens with two attached hydrogens (primary N) is 1. The summed E-state index contributed by atoms with van der Waals surface area (Å²) in [5.74, 6) is 1.80. The summed E-state index contributed by atoms with van der Waals surface area (Å²) in [5.41, 5.74) is 11.5. The van der Waals surface area contributed by atoms with Gasteiger partial charge >= 0.3 is 0 Å². The second kappa shape index (κ2) is 8.33. The molecule has 6 nitrogen and oxygen atoms in total. The monoisotopic (exact) mass is 461 g/mol. The maximum atomic E-state index is 6.48. The van der Waals surface area contributed by atoms with Crippen LogP contribution in [-0.2, 0) is 12.8 Å². The van der Waals surface area contributed by atoms with Gasteiger partial charge in [-0.2, -0.15) is 0 Å². The zero-order chi connectivity index (χ0) is 22.2. The standard InChI is InChI=1S/C24H20ClN5OS/c1-14-12-18(16-6-4-3-5-7-16)27-23-19(14)20(26)21(31-23)22-28-29-24(30(22)2)32-13-15-8-10-17(25)11-9-15/h3-12H,13,26H2,1-2H3. The molecule has 0 atom stereocenters. The van der Waals surface area contributed by atoms with Gasteiger partial charge in [0.05, 0.1) is 16.8 Å². The number of benzene rings is 2. The van der Waals surface area contributed by atoms with Crippen molar-refractivity contribution in [1.82, 2.24) is 19.7 Å². The molecular formula is C24H20ClN5OS. The van der Waals surface area contributed by atoms with Crippen molar-refractivity contribution in [2.45, 2.75) is 17.8 Å². The Morgan fingerprint density at radius 3 is 2.56 bits per heavy atom. The number of furan rings is 1. The zero-order valence-corrected chi connectivity index (χ0v) is 19.1. The summed E-state index contributed by atoms with van der Waals surface area (Å²) in [7, 11) is 1.90. The molecular weight excluding hydrogens is 442 g/mol. The van der Waals surface area contributed by atoms with Crippen LogP contribution in [-0.4, -0.2) is 19.7 Å². The molecule has 0 amide bonds. The molecule has 0 aliphatic heterocycles. The lowest BCUT2D eigenvalue weighted by Crippen LogP contribution is -1.96. The number of nitrogens with zero attached hydrogens (tertiary/aromatic N) is 4. The number of hydrogen-bond donors (Lipinski definition) is 1. The van der Waals surface area contributed by atoms with Gasteiger partial charge in [-0.3, -0.25) is 0 Å². The minimum Gasteiger partial charge on any atom is -0.432 e. The van der Waals surface area contributed by atoms with E-state index in [2.05, 4.69) is 10.2 Å². The number of nitrogen functional groups attached to an aromatic ring is 1. The summed E-state index contributed by atoms with van der Waals surface area (Å²) in [6, 6.07) is 19.8. The van der Waals surface area contributed by atoms with E-state index in [9.17, 15) is 0 Å². The molecule has 0 aliphatic rings. The molecule has 0 fully saturated rings. The molecule has 0 unspecified atom stereocenters. The molecule has 8 heteroatoms. The normalized spacial score (nSPS) is 11.3. The summed E-state index contributed by atoms with van der Waals surface area (Å²) < 4.78 is 8.01. The van der Waals surface area contributed by atoms with Crippen LogP contribution in [0.15, 0.2) is 70.2 Å². The molecule has 0 saturated heterocycles. The number of rotatable bonds is 5. The fraction of sp³-hybridized carbons (Fsp3) is 0.125. The number of aromatic nitrogens is 4. The van der Waals surface area contributed by atoms with E-state index in [-0.39, 0.29) is 0 Å². The van der Waals surface area contributed by atoms with Crippen molar-refractivity contribution < 1.29 is 4.42 Å². The molecule has 160 valence electrons. The molecule has 0 bridgehead atoms. The first kappa shape index (κ1) is 20.6. The first-order valence-electron chi connectivity index (χ1n) is 10.0. The third-order valence-corrected chi connectivity index (χ3v) is 6.63. The van der Waals surface area contributed by atoms with Gasteiger partial charge in [0.25, 0.3) is 0 Å². The van der Waals surface area contributed by atoms with E-state index >= 15 is 0 Å². The number of halogens is 1. The van der Waals surface area contributed by atoms with Crippen LogP contribution in [0.3, 0.4) is 0 Å². The van der Waals surface area contributed by atoms with E-state index in [1.54, 1.807) is 11.8 Å². The first-order chi connectivity index (χ1) is 15.5. The van der Waals surface area contributed by atoms with Gasteiger partial charge in [0, 0.05) is 23.4 Å². The van der Waals surface area contributed by atoms with Crippen molar-refractivity contribution in [1.29, 1.82) is 0 Å². The molecule has 32 heavy (non-hydrogen) atoms. The van der Waals surface area contributed by atoms with Gasteiger partial charge in [0.15, 0.2) is 10.9 Å². The van der Waals surface area contributed by atoms with E-state index in [0.717, 1.165) is 43.7 Å². The van der Waals surface area contributed by atoms with Crippen molar-refractivity contribution in [2.75, 3.05) is 5.73 Å². The van der Waals surface area contributed by atoms with Crippen molar-refractivity contribution in [2.24, 2.45) is 7.05 Å². The van der Waals surface area contributed by atoms with E-state index in [0.29, 0.717) is 23.0 Å². The Labute approximate surface area is 194 Å². The Bertz CT molecular complexity index is 1410. The lowest BCUT2D eigenvalue weighted by Gasteiger charge is -2.03. The lowest BCUT2D eigenvalue weighted by molar-refractivity contribution is 0.607. The van der Waals surface area contributed by atoms with Crippen LogP contribution in [0.4, 0.5) is 5.69 Å². The fourth-order valence-corrected chi connectivity index (χ4v) is 4.59. The minimum atomic E-state index is 0.481. The quantitative estimate of drug-likeness (QED) is 0.317. The first-order valence-corrected chi connectivity index (χ1v) is 11.4. The SMILES string of the molecule is Cc1cc(-c2ccccc2)nc2oc(-c3nnc(SCc4ccc(Cl)cc4)n3C)c(N)c12. The number of anilines is 1. The van der Waals surface area contributed by atoms with Crippen LogP contribution in [0, 0.1) is 6.92 Å². The molecule has 3 heterocycles. The van der Waals surface area contributed by atoms with Crippen LogP contribution < -0.4 is 5.73 Å². The fourth-order valence-electron chi connectivity index (χ4n) is 3.60. The molecule has 0 radical (unpaired) electrons. The molecule has 2 N–H and O–H groups in total. The Morgan fingerprint density at radius 2 is 1.81 bits per heavy atom. The van der Waals surface area contributed by atoms with Gasteiger partial charge in [0.1, 0.15) is 0 Å². The highest BCUT2D eigenvalue weighted by Gasteiger charge is 2.22. The van der Waals surface area contributed by atoms with Crippen LogP contribution in [0.25, 0.3) is 33.9 Å². The average molecular weight is 462 g/mol. The Kier molecular flexibility index (Phi) is 5.36. The van der Waals surface area contributed by atoms with Crippen LogP contribution in [0.1, 0.15) is 11.1 Å². The van der Waals surface area contributed by atoms with E-state index in [1.807, 2.05) is 79.2 Å². The van der Waals surface area contributed by atoms with Gasteiger partial charge in [-0.05, 0) is 36.2 Å². The molecule has 2 aromatic carbocycles. The highest BCUT2D eigenvalue weighted by molar-refractivity contribution is 7.98. The number of fused-ring (bicyclic) bond motifs is 1. The third-order valence-electron chi connectivity index (χ3n) is 5.28. The molecule has 0 aliphatic carbocycles. The average Bonchev–Trinajstić information content (AvgIpc) is 3.33. The maximum absolute atomic E-state index is 6.48. The zero-order valence-electron chi connectivity index (χ0n) is 17.5. The summed E-state index contributed by atoms with van der Waals surface area (Å²) in [5, 5.41) is 11.0. The second-order valence-corrected chi connectivity index (χ2v) is 8.87. The summed E-state index contributed by atoms with van der Waals surface area (Å²) in [6.45, 7) is 2.01. The van der Waals surface area contributed by atoms with Gasteiger partial charge in [0.2, 0.25) is 11.5 Å². The third kappa shape index (κ3) is 3.74. The van der Waals surface area contributed by atoms with Crippen molar-refractivity contribution in [3.05, 3.63) is 76.8 Å². The second-order valence-electron chi connectivity index (χ2n) is 7.50. The molecule has 0 spiro atoms. The van der Waals surface area contributed by atoms with Gasteiger partial charge in [-0.15, -0.1) is 10.2 Å². The number of pyridine rings is 1. The van der Waals surface area contributed by atoms with Gasteiger partial charge < -0.3 is 14.7 Å².